The Labute approximate surface area is 147 Å². The van der Waals surface area contributed by atoms with Crippen LogP contribution in [0.1, 0.15) is 36.7 Å². The molecule has 1 N–H and O–H groups in total. The fourth-order valence-corrected chi connectivity index (χ4v) is 4.03. The number of piperidine rings is 1. The van der Waals surface area contributed by atoms with Gasteiger partial charge >= 0.3 is 0 Å². The molecule has 25 heavy (non-hydrogen) atoms. The van der Waals surface area contributed by atoms with Gasteiger partial charge in [0.25, 0.3) is 5.56 Å². The molecule has 1 aliphatic rings. The van der Waals surface area contributed by atoms with Gasteiger partial charge in [-0.2, -0.15) is 0 Å². The maximum atomic E-state index is 12.3. The molecule has 3 aromatic rings. The highest BCUT2D eigenvalue weighted by Crippen LogP contribution is 2.33. The number of aromatic amines is 1. The average Bonchev–Trinajstić information content (AvgIpc) is 2.97. The topological polar surface area (TPSA) is 53.4 Å². The molecule has 0 spiro atoms. The van der Waals surface area contributed by atoms with Crippen molar-refractivity contribution in [1.82, 2.24) is 19.5 Å². The molecule has 0 radical (unpaired) electrons. The summed E-state index contributed by atoms with van der Waals surface area (Å²) in [5.74, 6) is 0. The lowest BCUT2D eigenvalue weighted by molar-refractivity contribution is 0.148. The molecule has 1 saturated heterocycles. The van der Waals surface area contributed by atoms with Crippen LogP contribution in [0.2, 0.25) is 0 Å². The Morgan fingerprint density at radius 2 is 2.04 bits per heavy atom. The number of likely N-dealkylation sites (tertiary alicyclic amines) is 1. The fraction of sp³-hybridized carbons (Fsp3) is 0.400. The van der Waals surface area contributed by atoms with Crippen LogP contribution < -0.4 is 5.56 Å². The third-order valence-corrected chi connectivity index (χ3v) is 5.26. The Hall–Kier alpha value is -2.40. The van der Waals surface area contributed by atoms with Crippen molar-refractivity contribution in [1.29, 1.82) is 0 Å². The summed E-state index contributed by atoms with van der Waals surface area (Å²) in [6, 6.07) is 14.3. The normalized spacial score (nSPS) is 21.7. The summed E-state index contributed by atoms with van der Waals surface area (Å²) < 4.78 is 1.50. The first-order valence-corrected chi connectivity index (χ1v) is 8.90. The molecular weight excluding hydrogens is 312 g/mol. The van der Waals surface area contributed by atoms with Gasteiger partial charge in [0.2, 0.25) is 0 Å². The number of hydrogen-bond acceptors (Lipinski definition) is 3. The van der Waals surface area contributed by atoms with Crippen LogP contribution in [0.15, 0.2) is 47.3 Å². The van der Waals surface area contributed by atoms with Gasteiger partial charge in [-0.05, 0) is 31.9 Å². The Morgan fingerprint density at radius 1 is 1.24 bits per heavy atom. The van der Waals surface area contributed by atoms with Gasteiger partial charge in [0, 0.05) is 36.3 Å². The second-order valence-corrected chi connectivity index (χ2v) is 7.46. The largest absolute Gasteiger partial charge is 0.297 e. The Bertz CT molecular complexity index is 943. The maximum absolute atomic E-state index is 12.3. The van der Waals surface area contributed by atoms with Crippen molar-refractivity contribution in [2.75, 3.05) is 13.1 Å². The first-order valence-electron chi connectivity index (χ1n) is 8.90. The van der Waals surface area contributed by atoms with E-state index in [0.29, 0.717) is 5.65 Å². The molecule has 0 bridgehead atoms. The monoisotopic (exact) mass is 336 g/mol. The van der Waals surface area contributed by atoms with E-state index in [1.54, 1.807) is 6.07 Å². The summed E-state index contributed by atoms with van der Waals surface area (Å²) in [5.41, 5.74) is 3.99. The minimum Gasteiger partial charge on any atom is -0.297 e. The van der Waals surface area contributed by atoms with Crippen LogP contribution >= 0.6 is 0 Å². The summed E-state index contributed by atoms with van der Waals surface area (Å²) in [6.45, 7) is 7.04. The van der Waals surface area contributed by atoms with Gasteiger partial charge in [0.05, 0.1) is 5.69 Å². The average molecular weight is 336 g/mol. The van der Waals surface area contributed by atoms with Gasteiger partial charge in [-0.3, -0.25) is 14.8 Å². The summed E-state index contributed by atoms with van der Waals surface area (Å²) >= 11 is 0. The van der Waals surface area contributed by atoms with Crippen molar-refractivity contribution >= 4 is 5.65 Å². The lowest BCUT2D eigenvalue weighted by Gasteiger charge is -2.41. The molecule has 1 aliphatic heterocycles. The zero-order valence-corrected chi connectivity index (χ0v) is 14.8. The molecule has 130 valence electrons. The van der Waals surface area contributed by atoms with E-state index >= 15 is 0 Å². The number of nitrogens with zero attached hydrogens (tertiary/aromatic N) is 3. The van der Waals surface area contributed by atoms with Gasteiger partial charge in [-0.25, -0.2) is 9.50 Å². The van der Waals surface area contributed by atoms with Crippen LogP contribution in [0.3, 0.4) is 0 Å². The molecular formula is C20H24N4O. The molecule has 0 saturated carbocycles. The molecule has 2 aromatic heterocycles. The van der Waals surface area contributed by atoms with Gasteiger partial charge in [-0.1, -0.05) is 37.3 Å². The highest BCUT2D eigenvalue weighted by atomic mass is 16.1. The standard InChI is InChI=1S/C20H24N4O/c1-15-11-18-21-17(12-19(25)24(18)22-15)13-23-10-6-9-20(2,14-23)16-7-4-3-5-8-16/h3-5,7-8,11-12,22H,6,9-10,13-14H2,1-2H3/t20-/m1/s1. The molecule has 0 unspecified atom stereocenters. The summed E-state index contributed by atoms with van der Waals surface area (Å²) in [5, 5.41) is 3.02. The van der Waals surface area contributed by atoms with E-state index in [-0.39, 0.29) is 11.0 Å². The number of rotatable bonds is 3. The summed E-state index contributed by atoms with van der Waals surface area (Å²) in [7, 11) is 0. The summed E-state index contributed by atoms with van der Waals surface area (Å²) in [6.07, 6.45) is 2.36. The third-order valence-electron chi connectivity index (χ3n) is 5.26. The molecule has 5 nitrogen and oxygen atoms in total. The van der Waals surface area contributed by atoms with Crippen molar-refractivity contribution in [3.05, 3.63) is 69.8 Å². The molecule has 1 aromatic carbocycles. The van der Waals surface area contributed by atoms with Crippen LogP contribution in [0, 0.1) is 6.92 Å². The molecule has 1 atom stereocenters. The zero-order valence-electron chi connectivity index (χ0n) is 14.8. The predicted octanol–water partition coefficient (Wildman–Crippen LogP) is 2.88. The third kappa shape index (κ3) is 3.12. The van der Waals surface area contributed by atoms with E-state index in [1.165, 1.54) is 16.5 Å². The Kier molecular flexibility index (Phi) is 3.96. The van der Waals surface area contributed by atoms with Crippen LogP contribution in [-0.4, -0.2) is 32.6 Å². The number of fused-ring (bicyclic) bond motifs is 1. The van der Waals surface area contributed by atoms with E-state index in [0.717, 1.165) is 37.4 Å². The quantitative estimate of drug-likeness (QED) is 0.800. The van der Waals surface area contributed by atoms with E-state index in [2.05, 4.69) is 52.2 Å². The van der Waals surface area contributed by atoms with Gasteiger partial charge in [0.1, 0.15) is 0 Å². The first kappa shape index (κ1) is 16.1. The molecule has 3 heterocycles. The smallest absolute Gasteiger partial charge is 0.272 e. The number of aryl methyl sites for hydroxylation is 1. The zero-order chi connectivity index (χ0) is 17.4. The lowest BCUT2D eigenvalue weighted by Crippen LogP contribution is -2.44. The first-order chi connectivity index (χ1) is 12.0. The minimum absolute atomic E-state index is 0.0454. The summed E-state index contributed by atoms with van der Waals surface area (Å²) in [4.78, 5) is 19.4. The number of hydrogen-bond donors (Lipinski definition) is 1. The fourth-order valence-electron chi connectivity index (χ4n) is 4.03. The highest BCUT2D eigenvalue weighted by Gasteiger charge is 2.32. The van der Waals surface area contributed by atoms with Crippen molar-refractivity contribution in [2.45, 2.75) is 38.6 Å². The minimum atomic E-state index is -0.0454. The number of benzene rings is 1. The van der Waals surface area contributed by atoms with E-state index in [9.17, 15) is 4.79 Å². The second-order valence-electron chi connectivity index (χ2n) is 7.46. The number of nitrogens with one attached hydrogen (secondary N) is 1. The Balaban J connectivity index is 1.57. The molecule has 4 rings (SSSR count). The van der Waals surface area contributed by atoms with Gasteiger partial charge in [-0.15, -0.1) is 0 Å². The molecule has 0 aliphatic carbocycles. The molecule has 5 heteroatoms. The maximum Gasteiger partial charge on any atom is 0.272 e. The van der Waals surface area contributed by atoms with Crippen molar-refractivity contribution in [3.63, 3.8) is 0 Å². The van der Waals surface area contributed by atoms with Crippen molar-refractivity contribution in [2.24, 2.45) is 0 Å². The predicted molar refractivity (Wildman–Crippen MR) is 98.9 cm³/mol. The highest BCUT2D eigenvalue weighted by molar-refractivity contribution is 5.39. The van der Waals surface area contributed by atoms with Crippen LogP contribution in [0.4, 0.5) is 0 Å². The van der Waals surface area contributed by atoms with E-state index in [4.69, 9.17) is 0 Å². The Morgan fingerprint density at radius 3 is 2.84 bits per heavy atom. The number of H-pyrrole nitrogens is 1. The van der Waals surface area contributed by atoms with Crippen LogP contribution in [-0.2, 0) is 12.0 Å². The lowest BCUT2D eigenvalue weighted by atomic mass is 9.76. The van der Waals surface area contributed by atoms with Gasteiger partial charge < -0.3 is 0 Å². The van der Waals surface area contributed by atoms with Crippen molar-refractivity contribution in [3.8, 4) is 0 Å². The second kappa shape index (κ2) is 6.15. The SMILES string of the molecule is Cc1cc2nc(CN3CCC[C@@](C)(c4ccccc4)C3)cc(=O)n2[nH]1. The molecule has 1 fully saturated rings. The van der Waals surface area contributed by atoms with Crippen molar-refractivity contribution < 1.29 is 0 Å². The van der Waals surface area contributed by atoms with E-state index < -0.39 is 0 Å². The number of aromatic nitrogens is 3. The van der Waals surface area contributed by atoms with Crippen LogP contribution in [0.25, 0.3) is 5.65 Å². The molecule has 0 amide bonds. The van der Waals surface area contributed by atoms with Crippen LogP contribution in [0.5, 0.6) is 0 Å². The van der Waals surface area contributed by atoms with E-state index in [1.807, 2.05) is 13.0 Å². The van der Waals surface area contributed by atoms with Gasteiger partial charge in [0.15, 0.2) is 5.65 Å².